The van der Waals surface area contributed by atoms with Gasteiger partial charge in [-0.25, -0.2) is 4.39 Å². The lowest BCUT2D eigenvalue weighted by molar-refractivity contribution is 0.237. The Labute approximate surface area is 139 Å². The van der Waals surface area contributed by atoms with Crippen molar-refractivity contribution in [2.75, 3.05) is 6.54 Å². The van der Waals surface area contributed by atoms with Crippen LogP contribution in [-0.4, -0.2) is 12.6 Å². The van der Waals surface area contributed by atoms with Gasteiger partial charge in [0.15, 0.2) is 0 Å². The summed E-state index contributed by atoms with van der Waals surface area (Å²) >= 11 is 9.39. The Bertz CT molecular complexity index is 518. The van der Waals surface area contributed by atoms with Crippen LogP contribution in [0.2, 0.25) is 5.02 Å². The van der Waals surface area contributed by atoms with Crippen LogP contribution in [-0.2, 0) is 0 Å². The Hall–Kier alpha value is -0.120. The summed E-state index contributed by atoms with van der Waals surface area (Å²) in [5.41, 5.74) is 0.803. The third kappa shape index (κ3) is 3.62. The fourth-order valence-corrected chi connectivity index (χ4v) is 3.98. The first-order valence-electron chi connectivity index (χ1n) is 7.93. The molecule has 0 spiro atoms. The Balaban J connectivity index is 1.82. The molecule has 1 nitrogen and oxygen atoms in total. The molecule has 1 aromatic rings. The maximum atomic E-state index is 14.6. The van der Waals surface area contributed by atoms with Crippen LogP contribution in [0.4, 0.5) is 4.39 Å². The molecule has 3 rings (SSSR count). The van der Waals surface area contributed by atoms with Gasteiger partial charge >= 0.3 is 0 Å². The van der Waals surface area contributed by atoms with Gasteiger partial charge in [0, 0.05) is 10.5 Å². The average molecular weight is 375 g/mol. The molecule has 3 atom stereocenters. The summed E-state index contributed by atoms with van der Waals surface area (Å²) in [6.45, 7) is 3.28. The second-order valence-corrected chi connectivity index (χ2v) is 7.96. The summed E-state index contributed by atoms with van der Waals surface area (Å²) in [6, 6.07) is 4.51. The van der Waals surface area contributed by atoms with Gasteiger partial charge in [-0.15, -0.1) is 0 Å². The fourth-order valence-electron chi connectivity index (χ4n) is 3.50. The van der Waals surface area contributed by atoms with E-state index < -0.39 is 0 Å². The van der Waals surface area contributed by atoms with Crippen molar-refractivity contribution in [2.24, 2.45) is 11.8 Å². The number of nitrogens with one attached hydrogen (secondary N) is 1. The van der Waals surface area contributed by atoms with Crippen LogP contribution in [0.25, 0.3) is 0 Å². The van der Waals surface area contributed by atoms with E-state index in [2.05, 4.69) is 28.2 Å². The number of rotatable bonds is 4. The van der Waals surface area contributed by atoms with Crippen molar-refractivity contribution in [3.05, 3.63) is 33.0 Å². The van der Waals surface area contributed by atoms with Crippen molar-refractivity contribution in [2.45, 2.75) is 51.0 Å². The highest BCUT2D eigenvalue weighted by molar-refractivity contribution is 9.10. The van der Waals surface area contributed by atoms with Crippen molar-refractivity contribution >= 4 is 27.5 Å². The summed E-state index contributed by atoms with van der Waals surface area (Å²) in [5, 5.41) is 3.84. The molecule has 0 amide bonds. The molecule has 3 unspecified atom stereocenters. The van der Waals surface area contributed by atoms with Crippen LogP contribution >= 0.6 is 27.5 Å². The van der Waals surface area contributed by atoms with Gasteiger partial charge in [-0.2, -0.15) is 0 Å². The largest absolute Gasteiger partial charge is 0.314 e. The average Bonchev–Trinajstić information content (AvgIpc) is 3.28. The SMILES string of the molecule is CC1CCC(CNC2CC2)C(c2ccc(Br)c(Cl)c2F)C1. The van der Waals surface area contributed by atoms with Crippen LogP contribution in [0.1, 0.15) is 50.5 Å². The van der Waals surface area contributed by atoms with Gasteiger partial charge in [0.05, 0.1) is 5.02 Å². The van der Waals surface area contributed by atoms with Crippen molar-refractivity contribution in [3.63, 3.8) is 0 Å². The Morgan fingerprint density at radius 2 is 2.05 bits per heavy atom. The second-order valence-electron chi connectivity index (χ2n) is 6.73. The molecule has 2 fully saturated rings. The first-order chi connectivity index (χ1) is 10.1. The monoisotopic (exact) mass is 373 g/mol. The molecular formula is C17H22BrClFN. The van der Waals surface area contributed by atoms with E-state index in [1.54, 1.807) is 0 Å². The topological polar surface area (TPSA) is 12.0 Å². The van der Waals surface area contributed by atoms with Crippen LogP contribution in [0.5, 0.6) is 0 Å². The zero-order valence-corrected chi connectivity index (χ0v) is 14.7. The second kappa shape index (κ2) is 6.55. The molecule has 0 heterocycles. The van der Waals surface area contributed by atoms with E-state index in [1.165, 1.54) is 25.7 Å². The lowest BCUT2D eigenvalue weighted by Crippen LogP contribution is -2.33. The van der Waals surface area contributed by atoms with Crippen molar-refractivity contribution in [1.82, 2.24) is 5.32 Å². The molecule has 1 N–H and O–H groups in total. The zero-order chi connectivity index (χ0) is 15.0. The molecule has 0 bridgehead atoms. The number of hydrogen-bond acceptors (Lipinski definition) is 1. The fraction of sp³-hybridized carbons (Fsp3) is 0.647. The third-order valence-corrected chi connectivity index (χ3v) is 6.22. The molecule has 2 aliphatic rings. The molecule has 0 aromatic heterocycles. The number of benzene rings is 1. The van der Waals surface area contributed by atoms with Gasteiger partial charge in [-0.05, 0) is 77.5 Å². The van der Waals surface area contributed by atoms with Crippen LogP contribution in [0.15, 0.2) is 16.6 Å². The summed E-state index contributed by atoms with van der Waals surface area (Å²) in [7, 11) is 0. The van der Waals surface area contributed by atoms with Crippen molar-refractivity contribution in [3.8, 4) is 0 Å². The number of halogens is 3. The molecule has 0 aliphatic heterocycles. The molecule has 116 valence electrons. The molecule has 21 heavy (non-hydrogen) atoms. The normalized spacial score (nSPS) is 29.6. The summed E-state index contributed by atoms with van der Waals surface area (Å²) < 4.78 is 15.2. The quantitative estimate of drug-likeness (QED) is 0.685. The van der Waals surface area contributed by atoms with Gasteiger partial charge in [0.1, 0.15) is 5.82 Å². The zero-order valence-electron chi connectivity index (χ0n) is 12.3. The van der Waals surface area contributed by atoms with E-state index in [4.69, 9.17) is 11.6 Å². The first-order valence-corrected chi connectivity index (χ1v) is 9.10. The highest BCUT2D eigenvalue weighted by atomic mass is 79.9. The smallest absolute Gasteiger partial charge is 0.146 e. The van der Waals surface area contributed by atoms with Crippen LogP contribution in [0.3, 0.4) is 0 Å². The Morgan fingerprint density at radius 1 is 1.29 bits per heavy atom. The lowest BCUT2D eigenvalue weighted by atomic mass is 9.71. The first kappa shape index (κ1) is 15.8. The summed E-state index contributed by atoms with van der Waals surface area (Å²) in [6.07, 6.45) is 6.09. The van der Waals surface area contributed by atoms with E-state index in [-0.39, 0.29) is 16.8 Å². The highest BCUT2D eigenvalue weighted by Crippen LogP contribution is 2.43. The minimum Gasteiger partial charge on any atom is -0.314 e. The third-order valence-electron chi connectivity index (χ3n) is 4.97. The highest BCUT2D eigenvalue weighted by Gasteiger charge is 2.33. The van der Waals surface area contributed by atoms with Crippen LogP contribution < -0.4 is 5.32 Å². The Kier molecular flexibility index (Phi) is 4.92. The molecular weight excluding hydrogens is 353 g/mol. The van der Waals surface area contributed by atoms with Crippen LogP contribution in [0, 0.1) is 17.7 Å². The Morgan fingerprint density at radius 3 is 2.76 bits per heavy atom. The molecule has 2 aliphatic carbocycles. The van der Waals surface area contributed by atoms with Gasteiger partial charge in [-0.3, -0.25) is 0 Å². The minimum atomic E-state index is -0.235. The summed E-state index contributed by atoms with van der Waals surface area (Å²) in [5.74, 6) is 1.23. The summed E-state index contributed by atoms with van der Waals surface area (Å²) in [4.78, 5) is 0. The van der Waals surface area contributed by atoms with E-state index >= 15 is 0 Å². The van der Waals surface area contributed by atoms with E-state index in [1.807, 2.05) is 12.1 Å². The number of hydrogen-bond donors (Lipinski definition) is 1. The van der Waals surface area contributed by atoms with Gasteiger partial charge < -0.3 is 5.32 Å². The molecule has 0 saturated heterocycles. The standard InChI is InChI=1S/C17H22BrClFN/c1-10-2-3-11(9-21-12-4-5-12)14(8-10)13-6-7-15(18)16(19)17(13)20/h6-7,10-12,14,21H,2-5,8-9H2,1H3. The maximum absolute atomic E-state index is 14.6. The van der Waals surface area contributed by atoms with E-state index in [9.17, 15) is 4.39 Å². The molecule has 0 radical (unpaired) electrons. The molecule has 1 aromatic carbocycles. The lowest BCUT2D eigenvalue weighted by Gasteiger charge is -2.36. The van der Waals surface area contributed by atoms with Crippen molar-refractivity contribution < 1.29 is 4.39 Å². The predicted octanol–water partition coefficient (Wildman–Crippen LogP) is 5.51. The van der Waals surface area contributed by atoms with Gasteiger partial charge in [0.25, 0.3) is 0 Å². The van der Waals surface area contributed by atoms with Crippen molar-refractivity contribution in [1.29, 1.82) is 0 Å². The maximum Gasteiger partial charge on any atom is 0.146 e. The predicted molar refractivity (Wildman–Crippen MR) is 89.4 cm³/mol. The molecule has 2 saturated carbocycles. The van der Waals surface area contributed by atoms with Gasteiger partial charge in [0.2, 0.25) is 0 Å². The molecule has 4 heteroatoms. The van der Waals surface area contributed by atoms with E-state index in [0.717, 1.165) is 18.5 Å². The van der Waals surface area contributed by atoms with Gasteiger partial charge in [-0.1, -0.05) is 31.0 Å². The minimum absolute atomic E-state index is 0.222. The van der Waals surface area contributed by atoms with E-state index in [0.29, 0.717) is 22.4 Å².